The smallest absolute Gasteiger partial charge is 0.0628 e. The number of aliphatic hydroxyl groups excluding tert-OH is 1. The monoisotopic (exact) mass is 228 g/mol. The molecule has 0 bridgehead atoms. The van der Waals surface area contributed by atoms with Gasteiger partial charge in [0, 0.05) is 23.2 Å². The molecule has 15 heavy (non-hydrogen) atoms. The summed E-state index contributed by atoms with van der Waals surface area (Å²) >= 11 is 1.77. The molecule has 3 nitrogen and oxygen atoms in total. The normalized spacial score (nSPS) is 15.3. The maximum absolute atomic E-state index is 9.39. The number of hydrogen-bond acceptors (Lipinski definition) is 3. The molecule has 0 aliphatic carbocycles. The zero-order chi connectivity index (χ0) is 11.4. The predicted octanol–water partition coefficient (Wildman–Crippen LogP) is 2.21. The van der Waals surface area contributed by atoms with E-state index in [9.17, 15) is 5.11 Å². The van der Waals surface area contributed by atoms with Crippen LogP contribution in [0.15, 0.2) is 6.07 Å². The maximum atomic E-state index is 9.39. The van der Waals surface area contributed by atoms with Gasteiger partial charge in [0.1, 0.15) is 0 Å². The second-order valence-corrected chi connectivity index (χ2v) is 5.22. The number of aromatic nitrogens is 2. The van der Waals surface area contributed by atoms with Crippen molar-refractivity contribution in [3.8, 4) is 0 Å². The molecule has 0 spiro atoms. The minimum absolute atomic E-state index is 0.255. The van der Waals surface area contributed by atoms with Crippen molar-refractivity contribution >= 4 is 11.8 Å². The molecule has 0 saturated carbocycles. The lowest BCUT2D eigenvalue weighted by molar-refractivity contribution is 0.196. The Morgan fingerprint density at radius 1 is 1.53 bits per heavy atom. The van der Waals surface area contributed by atoms with Gasteiger partial charge in [-0.25, -0.2) is 0 Å². The van der Waals surface area contributed by atoms with Crippen LogP contribution >= 0.6 is 11.8 Å². The van der Waals surface area contributed by atoms with Gasteiger partial charge in [-0.3, -0.25) is 4.68 Å². The third-order valence-electron chi connectivity index (χ3n) is 2.46. The quantitative estimate of drug-likeness (QED) is 0.839. The van der Waals surface area contributed by atoms with Crippen molar-refractivity contribution in [1.29, 1.82) is 0 Å². The predicted molar refractivity (Wildman–Crippen MR) is 65.1 cm³/mol. The van der Waals surface area contributed by atoms with Gasteiger partial charge in [0.2, 0.25) is 0 Å². The average Bonchev–Trinajstić information content (AvgIpc) is 2.55. The van der Waals surface area contributed by atoms with E-state index in [4.69, 9.17) is 0 Å². The van der Waals surface area contributed by atoms with Gasteiger partial charge in [-0.05, 0) is 26.8 Å². The summed E-state index contributed by atoms with van der Waals surface area (Å²) in [6.07, 6.45) is -0.255. The molecule has 1 N–H and O–H groups in total. The summed E-state index contributed by atoms with van der Waals surface area (Å²) < 4.78 is 2.02. The Morgan fingerprint density at radius 2 is 2.20 bits per heavy atom. The second kappa shape index (κ2) is 5.56. The lowest BCUT2D eigenvalue weighted by Crippen LogP contribution is -2.15. The first-order valence-electron chi connectivity index (χ1n) is 5.37. The molecule has 0 saturated heterocycles. The van der Waals surface area contributed by atoms with Gasteiger partial charge in [0.15, 0.2) is 0 Å². The minimum atomic E-state index is -0.255. The molecule has 0 fully saturated rings. The molecule has 0 aliphatic heterocycles. The molecule has 1 aromatic rings. The van der Waals surface area contributed by atoms with Crippen LogP contribution in [0.1, 0.15) is 32.2 Å². The van der Waals surface area contributed by atoms with Crippen LogP contribution in [0.4, 0.5) is 0 Å². The van der Waals surface area contributed by atoms with E-state index in [-0.39, 0.29) is 11.4 Å². The van der Waals surface area contributed by atoms with Crippen molar-refractivity contribution in [2.24, 2.45) is 0 Å². The van der Waals surface area contributed by atoms with Gasteiger partial charge in [0.25, 0.3) is 0 Å². The van der Waals surface area contributed by atoms with Crippen molar-refractivity contribution in [2.45, 2.75) is 51.3 Å². The fourth-order valence-corrected chi connectivity index (χ4v) is 2.29. The van der Waals surface area contributed by atoms with E-state index in [0.29, 0.717) is 0 Å². The lowest BCUT2D eigenvalue weighted by Gasteiger charge is -2.14. The van der Waals surface area contributed by atoms with Crippen molar-refractivity contribution in [2.75, 3.05) is 0 Å². The van der Waals surface area contributed by atoms with Crippen LogP contribution in [0.2, 0.25) is 0 Å². The summed E-state index contributed by atoms with van der Waals surface area (Å²) in [6, 6.07) is 2.12. The van der Waals surface area contributed by atoms with Crippen molar-refractivity contribution in [3.63, 3.8) is 0 Å². The highest BCUT2D eigenvalue weighted by atomic mass is 32.2. The Kier molecular flexibility index (Phi) is 4.67. The van der Waals surface area contributed by atoms with Gasteiger partial charge >= 0.3 is 0 Å². The highest BCUT2D eigenvalue weighted by molar-refractivity contribution is 7.99. The number of nitrogens with zero attached hydrogens (tertiary/aromatic N) is 2. The lowest BCUT2D eigenvalue weighted by atomic mass is 10.3. The Morgan fingerprint density at radius 3 is 2.73 bits per heavy atom. The van der Waals surface area contributed by atoms with E-state index in [1.54, 1.807) is 11.8 Å². The van der Waals surface area contributed by atoms with Crippen LogP contribution in [0.25, 0.3) is 0 Å². The Bertz CT molecular complexity index is 310. The number of aryl methyl sites for hydroxylation is 2. The molecular formula is C11H20N2OS. The Hall–Kier alpha value is -0.480. The van der Waals surface area contributed by atoms with E-state index >= 15 is 0 Å². The molecule has 4 heteroatoms. The SMILES string of the molecule is CCn1nc(C)cc1CSC(C)C(C)O. The summed E-state index contributed by atoms with van der Waals surface area (Å²) in [4.78, 5) is 0. The fourth-order valence-electron chi connectivity index (χ4n) is 1.35. The molecule has 0 radical (unpaired) electrons. The fraction of sp³-hybridized carbons (Fsp3) is 0.727. The van der Waals surface area contributed by atoms with Crippen LogP contribution in [-0.2, 0) is 12.3 Å². The first kappa shape index (κ1) is 12.6. The molecule has 2 unspecified atom stereocenters. The van der Waals surface area contributed by atoms with Crippen LogP contribution in [0.3, 0.4) is 0 Å². The number of rotatable bonds is 5. The molecule has 86 valence electrons. The van der Waals surface area contributed by atoms with E-state index in [1.807, 2.05) is 18.5 Å². The van der Waals surface area contributed by atoms with Crippen LogP contribution < -0.4 is 0 Å². The van der Waals surface area contributed by atoms with E-state index < -0.39 is 0 Å². The van der Waals surface area contributed by atoms with Gasteiger partial charge in [0.05, 0.1) is 11.8 Å². The van der Waals surface area contributed by atoms with E-state index in [1.165, 1.54) is 5.69 Å². The van der Waals surface area contributed by atoms with Gasteiger partial charge in [-0.2, -0.15) is 5.10 Å². The first-order chi connectivity index (χ1) is 7.04. The van der Waals surface area contributed by atoms with E-state index in [2.05, 4.69) is 25.0 Å². The number of hydrogen-bond donors (Lipinski definition) is 1. The Balaban J connectivity index is 2.56. The molecule has 0 amide bonds. The first-order valence-corrected chi connectivity index (χ1v) is 6.42. The maximum Gasteiger partial charge on any atom is 0.0628 e. The second-order valence-electron chi connectivity index (χ2n) is 3.85. The molecule has 1 heterocycles. The van der Waals surface area contributed by atoms with Crippen LogP contribution in [0.5, 0.6) is 0 Å². The van der Waals surface area contributed by atoms with Crippen LogP contribution in [-0.4, -0.2) is 26.2 Å². The largest absolute Gasteiger partial charge is 0.392 e. The summed E-state index contributed by atoms with van der Waals surface area (Å²) in [5, 5.41) is 14.0. The zero-order valence-corrected chi connectivity index (χ0v) is 10.7. The van der Waals surface area contributed by atoms with Gasteiger partial charge in [-0.1, -0.05) is 6.92 Å². The number of aliphatic hydroxyl groups is 1. The number of thioether (sulfide) groups is 1. The van der Waals surface area contributed by atoms with Crippen LogP contribution in [0, 0.1) is 6.92 Å². The molecule has 1 aromatic heterocycles. The van der Waals surface area contributed by atoms with Crippen molar-refractivity contribution < 1.29 is 5.11 Å². The molecule has 0 aliphatic rings. The minimum Gasteiger partial charge on any atom is -0.392 e. The van der Waals surface area contributed by atoms with Gasteiger partial charge in [-0.15, -0.1) is 11.8 Å². The molecule has 0 aromatic carbocycles. The summed E-state index contributed by atoms with van der Waals surface area (Å²) in [5.41, 5.74) is 2.31. The van der Waals surface area contributed by atoms with Crippen molar-refractivity contribution in [3.05, 3.63) is 17.5 Å². The third-order valence-corrected chi connectivity index (χ3v) is 3.84. The summed E-state index contributed by atoms with van der Waals surface area (Å²) in [5.74, 6) is 0.917. The third kappa shape index (κ3) is 3.54. The average molecular weight is 228 g/mol. The topological polar surface area (TPSA) is 38.0 Å². The molecular weight excluding hydrogens is 208 g/mol. The summed E-state index contributed by atoms with van der Waals surface area (Å²) in [7, 11) is 0. The zero-order valence-electron chi connectivity index (χ0n) is 9.90. The summed E-state index contributed by atoms with van der Waals surface area (Å²) in [6.45, 7) is 8.90. The highest BCUT2D eigenvalue weighted by Gasteiger charge is 2.11. The Labute approximate surface area is 95.9 Å². The highest BCUT2D eigenvalue weighted by Crippen LogP contribution is 2.20. The van der Waals surface area contributed by atoms with Crippen molar-refractivity contribution in [1.82, 2.24) is 9.78 Å². The van der Waals surface area contributed by atoms with E-state index in [0.717, 1.165) is 18.0 Å². The standard InChI is InChI=1S/C11H20N2OS/c1-5-13-11(6-8(2)12-13)7-15-10(4)9(3)14/h6,9-10,14H,5,7H2,1-4H3. The molecule has 1 rings (SSSR count). The molecule has 2 atom stereocenters. The van der Waals surface area contributed by atoms with Gasteiger partial charge < -0.3 is 5.11 Å².